The summed E-state index contributed by atoms with van der Waals surface area (Å²) in [4.78, 5) is 12.0. The molecule has 42 heavy (non-hydrogen) atoms. The van der Waals surface area contributed by atoms with Crippen molar-refractivity contribution in [1.82, 2.24) is 0 Å². The Bertz CT molecular complexity index is 833. The fraction of sp³-hybridized carbons (Fsp3) is 0.963. The van der Waals surface area contributed by atoms with Crippen molar-refractivity contribution in [3.05, 3.63) is 0 Å². The van der Waals surface area contributed by atoms with Crippen LogP contribution in [0.3, 0.4) is 0 Å². The monoisotopic (exact) mass is 616 g/mol. The molecule has 0 spiro atoms. The number of carbonyl (C=O) groups is 1. The molecule has 4 aliphatic rings. The molecule has 1 unspecified atom stereocenters. The van der Waals surface area contributed by atoms with Gasteiger partial charge in [-0.15, -0.1) is 0 Å². The minimum atomic E-state index is -1.65. The van der Waals surface area contributed by atoms with E-state index < -0.39 is 98.4 Å². The molecule has 0 aromatic heterocycles. The molecule has 1 aliphatic carbocycles. The van der Waals surface area contributed by atoms with Crippen molar-refractivity contribution < 1.29 is 98.5 Å². The van der Waals surface area contributed by atoms with Gasteiger partial charge in [0.2, 0.25) is 0 Å². The Morgan fingerprint density at radius 2 is 1.50 bits per heavy atom. The molecule has 0 aromatic carbocycles. The Kier molecular flexibility index (Phi) is 14.3. The van der Waals surface area contributed by atoms with Crippen LogP contribution in [0.2, 0.25) is 0 Å². The van der Waals surface area contributed by atoms with E-state index in [0.717, 1.165) is 32.1 Å². The molecule has 15 heteroatoms. The molecule has 14 atom stereocenters. The number of carboxylic acid groups (broad SMARTS) is 1. The number of hydrogen-bond acceptors (Lipinski definition) is 14. The SMILES string of the molecule is CC1OCC[C@@H](O[C@@H]2O[C@H](CO)[C@H](O)[C@H](O[C@@H](CC3CCCCC3)C(=O)[O-])[C@H]2O)[C@@H]1O[C@@H]1O[C@@H](C)[C@@H](O)[C@@H](O)[C@@H]1O.[Na+]. The van der Waals surface area contributed by atoms with Crippen molar-refractivity contribution in [2.75, 3.05) is 13.2 Å². The van der Waals surface area contributed by atoms with Crippen LogP contribution in [0.15, 0.2) is 0 Å². The van der Waals surface area contributed by atoms with Crippen LogP contribution in [0.4, 0.5) is 0 Å². The summed E-state index contributed by atoms with van der Waals surface area (Å²) in [5, 5.41) is 74.4. The maximum absolute atomic E-state index is 12.0. The van der Waals surface area contributed by atoms with Gasteiger partial charge in [0.25, 0.3) is 0 Å². The van der Waals surface area contributed by atoms with E-state index in [1.165, 1.54) is 6.92 Å². The number of ether oxygens (including phenoxy) is 6. The molecule has 0 radical (unpaired) electrons. The van der Waals surface area contributed by atoms with Gasteiger partial charge in [0, 0.05) is 6.61 Å². The standard InChI is InChI=1S/C27H46O14.Na/c1-12-18(29)20(31)21(32)26(37-12)41-23-13(2)36-9-8-15(23)39-27-22(33)24(19(30)17(11-28)40-27)38-16(25(34)35)10-14-6-4-3-5-7-14;/h12-24,26-33H,3-11H2,1-2H3,(H,34,35);/q;+1/p-1/t12-,13?,15+,16-,17+,18+,19-,20+,21-,22+,23+,24-,26-,27+;/m0./s1. The number of carbonyl (C=O) groups excluding carboxylic acids is 1. The topological polar surface area (TPSA) is 217 Å². The normalized spacial score (nSPS) is 44.2. The Morgan fingerprint density at radius 3 is 2.14 bits per heavy atom. The van der Waals surface area contributed by atoms with Crippen molar-refractivity contribution in [1.29, 1.82) is 0 Å². The average Bonchev–Trinajstić information content (AvgIpc) is 2.95. The van der Waals surface area contributed by atoms with Gasteiger partial charge in [-0.25, -0.2) is 0 Å². The van der Waals surface area contributed by atoms with Crippen molar-refractivity contribution in [2.24, 2.45) is 5.92 Å². The predicted octanol–water partition coefficient (Wildman–Crippen LogP) is -5.69. The van der Waals surface area contributed by atoms with E-state index in [9.17, 15) is 40.5 Å². The second kappa shape index (κ2) is 16.5. The second-order valence-corrected chi connectivity index (χ2v) is 11.7. The molecule has 1 saturated carbocycles. The molecule has 14 nitrogen and oxygen atoms in total. The van der Waals surface area contributed by atoms with E-state index in [-0.39, 0.29) is 54.9 Å². The van der Waals surface area contributed by atoms with E-state index in [2.05, 4.69) is 0 Å². The van der Waals surface area contributed by atoms with Crippen LogP contribution in [0, 0.1) is 5.92 Å². The summed E-state index contributed by atoms with van der Waals surface area (Å²) in [6, 6.07) is 0. The number of hydrogen-bond donors (Lipinski definition) is 6. The first-order valence-corrected chi connectivity index (χ1v) is 14.6. The van der Waals surface area contributed by atoms with E-state index in [1.807, 2.05) is 0 Å². The molecule has 0 aromatic rings. The number of rotatable bonds is 10. The van der Waals surface area contributed by atoms with Crippen LogP contribution in [0.25, 0.3) is 0 Å². The zero-order valence-electron chi connectivity index (χ0n) is 24.5. The summed E-state index contributed by atoms with van der Waals surface area (Å²) in [7, 11) is 0. The Hall–Kier alpha value is -0.0100. The molecule has 0 bridgehead atoms. The van der Waals surface area contributed by atoms with Crippen LogP contribution < -0.4 is 34.7 Å². The van der Waals surface area contributed by atoms with Gasteiger partial charge >= 0.3 is 29.6 Å². The van der Waals surface area contributed by atoms with Crippen LogP contribution in [0.1, 0.15) is 58.8 Å². The second-order valence-electron chi connectivity index (χ2n) is 11.7. The number of aliphatic hydroxyl groups is 6. The van der Waals surface area contributed by atoms with Gasteiger partial charge in [-0.3, -0.25) is 0 Å². The van der Waals surface area contributed by atoms with Gasteiger partial charge in [-0.05, 0) is 32.6 Å². The van der Waals surface area contributed by atoms with Crippen molar-refractivity contribution in [3.8, 4) is 0 Å². The molecule has 3 aliphatic heterocycles. The molecule has 3 heterocycles. The largest absolute Gasteiger partial charge is 1.00 e. The van der Waals surface area contributed by atoms with Gasteiger partial charge in [0.05, 0.1) is 37.0 Å². The quantitative estimate of drug-likeness (QED) is 0.126. The average molecular weight is 617 g/mol. The summed E-state index contributed by atoms with van der Waals surface area (Å²) >= 11 is 0. The maximum Gasteiger partial charge on any atom is 1.00 e. The zero-order chi connectivity index (χ0) is 29.8. The van der Waals surface area contributed by atoms with E-state index in [1.54, 1.807) is 6.92 Å². The third-order valence-electron chi connectivity index (χ3n) is 8.70. The zero-order valence-corrected chi connectivity index (χ0v) is 26.5. The Morgan fingerprint density at radius 1 is 0.833 bits per heavy atom. The van der Waals surface area contributed by atoms with E-state index in [0.29, 0.717) is 0 Å². The smallest absolute Gasteiger partial charge is 0.547 e. The summed E-state index contributed by atoms with van der Waals surface area (Å²) < 4.78 is 34.7. The molecule has 4 rings (SSSR count). The fourth-order valence-electron chi connectivity index (χ4n) is 6.18. The molecule has 4 fully saturated rings. The summed E-state index contributed by atoms with van der Waals surface area (Å²) in [6.07, 6.45) is -12.4. The van der Waals surface area contributed by atoms with E-state index >= 15 is 0 Å². The predicted molar refractivity (Wildman–Crippen MR) is 135 cm³/mol. The number of aliphatic hydroxyl groups excluding tert-OH is 6. The molecule has 3 saturated heterocycles. The van der Waals surface area contributed by atoms with Crippen LogP contribution in [0.5, 0.6) is 0 Å². The summed E-state index contributed by atoms with van der Waals surface area (Å²) in [6.45, 7) is 2.81. The first kappa shape index (κ1) is 36.5. The third-order valence-corrected chi connectivity index (χ3v) is 8.70. The Balaban J connectivity index is 0.00000484. The summed E-state index contributed by atoms with van der Waals surface area (Å²) in [5.41, 5.74) is 0. The van der Waals surface area contributed by atoms with Gasteiger partial charge in [0.15, 0.2) is 12.6 Å². The van der Waals surface area contributed by atoms with Gasteiger partial charge < -0.3 is 69.0 Å². The van der Waals surface area contributed by atoms with Crippen LogP contribution >= 0.6 is 0 Å². The van der Waals surface area contributed by atoms with Crippen LogP contribution in [-0.2, 0) is 33.2 Å². The van der Waals surface area contributed by atoms with Gasteiger partial charge in [-0.2, -0.15) is 0 Å². The number of aliphatic carboxylic acids is 1. The van der Waals surface area contributed by atoms with Crippen LogP contribution in [-0.4, -0.2) is 136 Å². The molecular formula is C27H45NaO14. The van der Waals surface area contributed by atoms with Gasteiger partial charge in [0.1, 0.15) is 48.8 Å². The summed E-state index contributed by atoms with van der Waals surface area (Å²) in [5.74, 6) is -1.35. The van der Waals surface area contributed by atoms with Gasteiger partial charge in [-0.1, -0.05) is 32.1 Å². The molecule has 0 amide bonds. The molecular weight excluding hydrogens is 571 g/mol. The fourth-order valence-corrected chi connectivity index (χ4v) is 6.18. The minimum Gasteiger partial charge on any atom is -0.547 e. The first-order valence-electron chi connectivity index (χ1n) is 14.6. The molecule has 238 valence electrons. The Labute approximate surface area is 267 Å². The van der Waals surface area contributed by atoms with Crippen molar-refractivity contribution >= 4 is 5.97 Å². The first-order chi connectivity index (χ1) is 19.5. The maximum atomic E-state index is 12.0. The van der Waals surface area contributed by atoms with E-state index in [4.69, 9.17) is 28.4 Å². The minimum absolute atomic E-state index is 0. The number of carboxylic acids is 1. The molecule has 6 N–H and O–H groups in total. The third kappa shape index (κ3) is 8.62. The van der Waals surface area contributed by atoms with Crippen molar-refractivity contribution in [2.45, 2.75) is 145 Å². The van der Waals surface area contributed by atoms with Crippen molar-refractivity contribution in [3.63, 3.8) is 0 Å².